The largest absolute Gasteiger partial charge is 0.467 e. The van der Waals surface area contributed by atoms with Crippen molar-refractivity contribution in [3.05, 3.63) is 24.2 Å². The van der Waals surface area contributed by atoms with E-state index in [2.05, 4.69) is 5.32 Å². The quantitative estimate of drug-likeness (QED) is 0.698. The molecular formula is C13H21NO3. The van der Waals surface area contributed by atoms with Crippen molar-refractivity contribution in [1.82, 2.24) is 5.32 Å². The lowest BCUT2D eigenvalue weighted by atomic mass is 10.1. The molecule has 1 aromatic rings. The summed E-state index contributed by atoms with van der Waals surface area (Å²) < 4.78 is 5.13. The summed E-state index contributed by atoms with van der Waals surface area (Å²) in [6, 6.07) is 3.62. The maximum absolute atomic E-state index is 9.92. The van der Waals surface area contributed by atoms with Gasteiger partial charge in [0.1, 0.15) is 11.9 Å². The first kappa shape index (κ1) is 12.6. The molecule has 1 fully saturated rings. The monoisotopic (exact) mass is 239 g/mol. The molecular weight excluding hydrogens is 218 g/mol. The second kappa shape index (κ2) is 6.19. The normalized spacial score (nSPS) is 27.6. The molecule has 0 amide bonds. The Labute approximate surface area is 102 Å². The summed E-state index contributed by atoms with van der Waals surface area (Å²) in [6.45, 7) is 0.426. The van der Waals surface area contributed by atoms with E-state index >= 15 is 0 Å². The number of aliphatic hydroxyl groups is 2. The zero-order chi connectivity index (χ0) is 12.1. The Hall–Kier alpha value is -0.840. The maximum Gasteiger partial charge on any atom is 0.133 e. The van der Waals surface area contributed by atoms with E-state index in [0.717, 1.165) is 25.7 Å². The van der Waals surface area contributed by atoms with Crippen LogP contribution in [0.1, 0.15) is 44.0 Å². The first-order valence-electron chi connectivity index (χ1n) is 6.40. The Morgan fingerprint density at radius 1 is 1.35 bits per heavy atom. The molecule has 0 bridgehead atoms. The predicted molar refractivity (Wildman–Crippen MR) is 64.6 cm³/mol. The molecule has 96 valence electrons. The summed E-state index contributed by atoms with van der Waals surface area (Å²) in [5.74, 6) is 0.570. The minimum Gasteiger partial charge on any atom is -0.467 e. The number of hydrogen-bond donors (Lipinski definition) is 3. The minimum absolute atomic E-state index is 0.0992. The molecule has 0 saturated heterocycles. The molecule has 0 spiro atoms. The first-order chi connectivity index (χ1) is 8.27. The van der Waals surface area contributed by atoms with Crippen LogP contribution in [-0.2, 0) is 0 Å². The van der Waals surface area contributed by atoms with E-state index in [4.69, 9.17) is 4.42 Å². The molecule has 1 aliphatic rings. The van der Waals surface area contributed by atoms with Gasteiger partial charge in [0.15, 0.2) is 0 Å². The summed E-state index contributed by atoms with van der Waals surface area (Å²) in [7, 11) is 0. The van der Waals surface area contributed by atoms with E-state index in [1.165, 1.54) is 6.42 Å². The van der Waals surface area contributed by atoms with E-state index in [1.807, 2.05) is 0 Å². The standard InChI is InChI=1S/C13H21NO3/c15-11-6-3-1-2-5-10(11)14-9-12(16)13-7-4-8-17-13/h4,7-8,10-12,14-16H,1-3,5-6,9H2. The van der Waals surface area contributed by atoms with Gasteiger partial charge in [-0.25, -0.2) is 0 Å². The fourth-order valence-corrected chi connectivity index (χ4v) is 2.37. The van der Waals surface area contributed by atoms with Gasteiger partial charge < -0.3 is 19.9 Å². The van der Waals surface area contributed by atoms with Crippen molar-refractivity contribution in [3.8, 4) is 0 Å². The van der Waals surface area contributed by atoms with Crippen LogP contribution in [0.3, 0.4) is 0 Å². The van der Waals surface area contributed by atoms with Gasteiger partial charge >= 0.3 is 0 Å². The Morgan fingerprint density at radius 3 is 2.94 bits per heavy atom. The topological polar surface area (TPSA) is 65.6 Å². The van der Waals surface area contributed by atoms with E-state index in [9.17, 15) is 10.2 Å². The SMILES string of the molecule is OC(CNC1CCCCCC1O)c1ccco1. The van der Waals surface area contributed by atoms with E-state index in [-0.39, 0.29) is 12.1 Å². The second-order valence-corrected chi connectivity index (χ2v) is 4.75. The van der Waals surface area contributed by atoms with E-state index in [0.29, 0.717) is 12.3 Å². The van der Waals surface area contributed by atoms with Gasteiger partial charge in [-0.05, 0) is 25.0 Å². The third kappa shape index (κ3) is 3.56. The molecule has 3 N–H and O–H groups in total. The van der Waals surface area contributed by atoms with Crippen LogP contribution in [0.25, 0.3) is 0 Å². The molecule has 17 heavy (non-hydrogen) atoms. The zero-order valence-electron chi connectivity index (χ0n) is 10.0. The number of nitrogens with one attached hydrogen (secondary N) is 1. The average molecular weight is 239 g/mol. The molecule has 1 heterocycles. The van der Waals surface area contributed by atoms with Gasteiger partial charge in [0.05, 0.1) is 12.4 Å². The van der Waals surface area contributed by atoms with Crippen LogP contribution in [0, 0.1) is 0 Å². The summed E-state index contributed by atoms with van der Waals surface area (Å²) in [6.07, 6.45) is 5.89. The van der Waals surface area contributed by atoms with Crippen LogP contribution < -0.4 is 5.32 Å². The highest BCUT2D eigenvalue weighted by Gasteiger charge is 2.22. The third-order valence-electron chi connectivity index (χ3n) is 3.42. The zero-order valence-corrected chi connectivity index (χ0v) is 10.0. The number of aliphatic hydroxyl groups excluding tert-OH is 2. The smallest absolute Gasteiger partial charge is 0.133 e. The maximum atomic E-state index is 9.92. The van der Waals surface area contributed by atoms with Gasteiger partial charge in [0.25, 0.3) is 0 Å². The van der Waals surface area contributed by atoms with Gasteiger partial charge in [0.2, 0.25) is 0 Å². The number of furan rings is 1. The molecule has 2 rings (SSSR count). The van der Waals surface area contributed by atoms with Crippen LogP contribution >= 0.6 is 0 Å². The van der Waals surface area contributed by atoms with E-state index < -0.39 is 6.10 Å². The van der Waals surface area contributed by atoms with Crippen LogP contribution in [-0.4, -0.2) is 28.9 Å². The molecule has 4 nitrogen and oxygen atoms in total. The molecule has 1 aliphatic carbocycles. The van der Waals surface area contributed by atoms with Gasteiger partial charge in [-0.15, -0.1) is 0 Å². The van der Waals surface area contributed by atoms with Crippen molar-refractivity contribution in [3.63, 3.8) is 0 Å². The molecule has 0 aromatic carbocycles. The first-order valence-corrected chi connectivity index (χ1v) is 6.40. The van der Waals surface area contributed by atoms with Crippen molar-refractivity contribution in [1.29, 1.82) is 0 Å². The lowest BCUT2D eigenvalue weighted by molar-refractivity contribution is 0.0977. The Kier molecular flexibility index (Phi) is 4.59. The lowest BCUT2D eigenvalue weighted by Crippen LogP contribution is -2.41. The highest BCUT2D eigenvalue weighted by Crippen LogP contribution is 2.19. The predicted octanol–water partition coefficient (Wildman–Crippen LogP) is 1.60. The minimum atomic E-state index is -0.638. The molecule has 1 saturated carbocycles. The molecule has 3 unspecified atom stereocenters. The van der Waals surface area contributed by atoms with Gasteiger partial charge in [-0.2, -0.15) is 0 Å². The van der Waals surface area contributed by atoms with E-state index in [1.54, 1.807) is 18.4 Å². The van der Waals surface area contributed by atoms with Crippen LogP contribution in [0.4, 0.5) is 0 Å². The molecule has 3 atom stereocenters. The van der Waals surface area contributed by atoms with Crippen molar-refractivity contribution < 1.29 is 14.6 Å². The highest BCUT2D eigenvalue weighted by atomic mass is 16.4. The summed E-state index contributed by atoms with van der Waals surface area (Å²) in [5, 5.41) is 23.0. The fraction of sp³-hybridized carbons (Fsp3) is 0.692. The van der Waals surface area contributed by atoms with Crippen LogP contribution in [0.2, 0.25) is 0 Å². The molecule has 4 heteroatoms. The van der Waals surface area contributed by atoms with Crippen LogP contribution in [0.15, 0.2) is 22.8 Å². The highest BCUT2D eigenvalue weighted by molar-refractivity contribution is 5.02. The average Bonchev–Trinajstić information content (AvgIpc) is 2.78. The summed E-state index contributed by atoms with van der Waals surface area (Å²) in [4.78, 5) is 0. The number of rotatable bonds is 4. The van der Waals surface area contributed by atoms with Crippen molar-refractivity contribution in [2.75, 3.05) is 6.54 Å². The van der Waals surface area contributed by atoms with Crippen molar-refractivity contribution in [2.24, 2.45) is 0 Å². The van der Waals surface area contributed by atoms with Gasteiger partial charge in [-0.1, -0.05) is 19.3 Å². The molecule has 0 radical (unpaired) electrons. The summed E-state index contributed by atoms with van der Waals surface area (Å²) in [5.41, 5.74) is 0. The lowest BCUT2D eigenvalue weighted by Gasteiger charge is -2.22. The number of hydrogen-bond acceptors (Lipinski definition) is 4. The molecule has 0 aliphatic heterocycles. The fourth-order valence-electron chi connectivity index (χ4n) is 2.37. The van der Waals surface area contributed by atoms with Gasteiger partial charge in [0, 0.05) is 12.6 Å². The van der Waals surface area contributed by atoms with Gasteiger partial charge in [-0.3, -0.25) is 0 Å². The third-order valence-corrected chi connectivity index (χ3v) is 3.42. The molecule has 1 aromatic heterocycles. The van der Waals surface area contributed by atoms with Crippen molar-refractivity contribution in [2.45, 2.75) is 50.4 Å². The second-order valence-electron chi connectivity index (χ2n) is 4.75. The Bertz CT molecular complexity index is 312. The van der Waals surface area contributed by atoms with Crippen molar-refractivity contribution >= 4 is 0 Å². The Morgan fingerprint density at radius 2 is 2.18 bits per heavy atom. The summed E-state index contributed by atoms with van der Waals surface area (Å²) >= 11 is 0. The van der Waals surface area contributed by atoms with Crippen LogP contribution in [0.5, 0.6) is 0 Å². The Balaban J connectivity index is 1.80.